The van der Waals surface area contributed by atoms with Gasteiger partial charge in [0.1, 0.15) is 5.58 Å². The Balaban J connectivity index is 1.57. The molecule has 26 heavy (non-hydrogen) atoms. The van der Waals surface area contributed by atoms with Gasteiger partial charge in [-0.1, -0.05) is 29.8 Å². The molecule has 0 saturated heterocycles. The maximum Gasteiger partial charge on any atom is 0.243 e. The van der Waals surface area contributed by atoms with E-state index in [1.54, 1.807) is 6.26 Å². The summed E-state index contributed by atoms with van der Waals surface area (Å²) in [6.07, 6.45) is 1.79. The monoisotopic (exact) mass is 350 g/mol. The molecule has 0 fully saturated rings. The van der Waals surface area contributed by atoms with E-state index in [0.29, 0.717) is 5.69 Å². The van der Waals surface area contributed by atoms with Crippen molar-refractivity contribution in [2.45, 2.75) is 27.2 Å². The molecule has 2 amide bonds. The van der Waals surface area contributed by atoms with E-state index >= 15 is 0 Å². The number of furan rings is 1. The van der Waals surface area contributed by atoms with Gasteiger partial charge in [0, 0.05) is 16.6 Å². The van der Waals surface area contributed by atoms with Gasteiger partial charge < -0.3 is 15.1 Å². The van der Waals surface area contributed by atoms with Crippen molar-refractivity contribution in [3.8, 4) is 0 Å². The second-order valence-corrected chi connectivity index (χ2v) is 6.51. The number of rotatable bonds is 5. The molecule has 0 aliphatic rings. The Morgan fingerprint density at radius 3 is 2.42 bits per heavy atom. The smallest absolute Gasteiger partial charge is 0.243 e. The molecular weight excluding hydrogens is 328 g/mol. The molecule has 2 N–H and O–H groups in total. The van der Waals surface area contributed by atoms with Crippen molar-refractivity contribution in [3.05, 3.63) is 64.9 Å². The highest BCUT2D eigenvalue weighted by Crippen LogP contribution is 2.26. The molecule has 0 saturated carbocycles. The topological polar surface area (TPSA) is 71.3 Å². The summed E-state index contributed by atoms with van der Waals surface area (Å²) in [6.45, 7) is 5.94. The molecule has 3 rings (SSSR count). The zero-order valence-electron chi connectivity index (χ0n) is 15.2. The third kappa shape index (κ3) is 3.94. The Bertz CT molecular complexity index is 955. The van der Waals surface area contributed by atoms with Crippen LogP contribution in [-0.2, 0) is 16.0 Å². The van der Waals surface area contributed by atoms with Crippen molar-refractivity contribution in [1.82, 2.24) is 5.32 Å². The van der Waals surface area contributed by atoms with Crippen LogP contribution in [0.4, 0.5) is 5.69 Å². The van der Waals surface area contributed by atoms with Crippen LogP contribution in [-0.4, -0.2) is 18.4 Å². The van der Waals surface area contributed by atoms with Crippen LogP contribution >= 0.6 is 0 Å². The molecule has 0 atom stereocenters. The van der Waals surface area contributed by atoms with Crippen molar-refractivity contribution in [3.63, 3.8) is 0 Å². The molecule has 1 heterocycles. The van der Waals surface area contributed by atoms with Crippen LogP contribution in [0.1, 0.15) is 22.3 Å². The summed E-state index contributed by atoms with van der Waals surface area (Å²) in [6, 6.07) is 11.5. The van der Waals surface area contributed by atoms with E-state index in [1.807, 2.05) is 57.2 Å². The molecule has 0 aliphatic carbocycles. The molecule has 3 aromatic rings. The number of hydrogen-bond acceptors (Lipinski definition) is 3. The van der Waals surface area contributed by atoms with E-state index in [1.165, 1.54) is 0 Å². The number of fused-ring (bicyclic) bond motifs is 1. The lowest BCUT2D eigenvalue weighted by Crippen LogP contribution is -2.33. The molecule has 134 valence electrons. The van der Waals surface area contributed by atoms with Crippen LogP contribution in [0.25, 0.3) is 11.0 Å². The van der Waals surface area contributed by atoms with E-state index in [9.17, 15) is 9.59 Å². The van der Waals surface area contributed by atoms with Gasteiger partial charge in [0.2, 0.25) is 11.8 Å². The number of amides is 2. The number of aryl methyl sites for hydroxylation is 3. The van der Waals surface area contributed by atoms with Gasteiger partial charge in [0.05, 0.1) is 19.2 Å². The first-order chi connectivity index (χ1) is 12.4. The third-order valence-electron chi connectivity index (χ3n) is 4.47. The van der Waals surface area contributed by atoms with Crippen LogP contribution in [0.3, 0.4) is 0 Å². The molecule has 0 bridgehead atoms. The zero-order chi connectivity index (χ0) is 18.7. The standard InChI is InChI=1S/C21H22N2O3/c1-13-4-7-17(8-5-13)23-20(25)11-22-19(24)10-16-12-26-21-15(3)14(2)6-9-18(16)21/h4-9,12H,10-11H2,1-3H3,(H,22,24)(H,23,25). The third-order valence-corrected chi connectivity index (χ3v) is 4.47. The van der Waals surface area contributed by atoms with Gasteiger partial charge in [0.25, 0.3) is 0 Å². The molecule has 0 unspecified atom stereocenters. The largest absolute Gasteiger partial charge is 0.464 e. The van der Waals surface area contributed by atoms with Gasteiger partial charge in [-0.15, -0.1) is 0 Å². The van der Waals surface area contributed by atoms with Crippen LogP contribution < -0.4 is 10.6 Å². The fraction of sp³-hybridized carbons (Fsp3) is 0.238. The Morgan fingerprint density at radius 2 is 1.69 bits per heavy atom. The fourth-order valence-electron chi connectivity index (χ4n) is 2.78. The lowest BCUT2D eigenvalue weighted by atomic mass is 10.0. The molecule has 1 aromatic heterocycles. The van der Waals surface area contributed by atoms with Gasteiger partial charge in [-0.25, -0.2) is 0 Å². The second kappa shape index (κ2) is 7.44. The summed E-state index contributed by atoms with van der Waals surface area (Å²) >= 11 is 0. The number of nitrogens with one attached hydrogen (secondary N) is 2. The lowest BCUT2D eigenvalue weighted by Gasteiger charge is -2.07. The summed E-state index contributed by atoms with van der Waals surface area (Å²) in [5.74, 6) is -0.476. The summed E-state index contributed by atoms with van der Waals surface area (Å²) in [5, 5.41) is 6.34. The van der Waals surface area contributed by atoms with E-state index in [4.69, 9.17) is 4.42 Å². The summed E-state index contributed by atoms with van der Waals surface area (Å²) in [7, 11) is 0. The molecule has 5 nitrogen and oxygen atoms in total. The lowest BCUT2D eigenvalue weighted by molar-refractivity contribution is -0.123. The quantitative estimate of drug-likeness (QED) is 0.738. The minimum absolute atomic E-state index is 0.0688. The first-order valence-electron chi connectivity index (χ1n) is 8.53. The van der Waals surface area contributed by atoms with Gasteiger partial charge in [0.15, 0.2) is 0 Å². The predicted octanol–water partition coefficient (Wildman–Crippen LogP) is 3.66. The number of anilines is 1. The number of benzene rings is 2. The zero-order valence-corrected chi connectivity index (χ0v) is 15.2. The Morgan fingerprint density at radius 1 is 0.962 bits per heavy atom. The first-order valence-corrected chi connectivity index (χ1v) is 8.53. The number of hydrogen-bond donors (Lipinski definition) is 2. The molecule has 5 heteroatoms. The molecule has 0 radical (unpaired) electrons. The molecule has 0 aliphatic heterocycles. The van der Waals surface area contributed by atoms with Crippen LogP contribution in [0.15, 0.2) is 47.1 Å². The maximum atomic E-state index is 12.2. The fourth-order valence-corrected chi connectivity index (χ4v) is 2.78. The van der Waals surface area contributed by atoms with Crippen molar-refractivity contribution in [2.24, 2.45) is 0 Å². The van der Waals surface area contributed by atoms with Crippen molar-refractivity contribution in [1.29, 1.82) is 0 Å². The van der Waals surface area contributed by atoms with Gasteiger partial charge in [-0.2, -0.15) is 0 Å². The number of carbonyl (C=O) groups is 2. The van der Waals surface area contributed by atoms with E-state index in [0.717, 1.165) is 33.2 Å². The normalized spacial score (nSPS) is 10.7. The Hall–Kier alpha value is -3.08. The predicted molar refractivity (Wildman–Crippen MR) is 102 cm³/mol. The minimum Gasteiger partial charge on any atom is -0.464 e. The Kier molecular flexibility index (Phi) is 5.07. The molecular formula is C21H22N2O3. The van der Waals surface area contributed by atoms with Crippen molar-refractivity contribution >= 4 is 28.5 Å². The summed E-state index contributed by atoms with van der Waals surface area (Å²) in [5.41, 5.74) is 5.68. The van der Waals surface area contributed by atoms with Crippen molar-refractivity contribution < 1.29 is 14.0 Å². The SMILES string of the molecule is Cc1ccc(NC(=O)CNC(=O)Cc2coc3c(C)c(C)ccc23)cc1. The van der Waals surface area contributed by atoms with E-state index in [2.05, 4.69) is 10.6 Å². The highest BCUT2D eigenvalue weighted by molar-refractivity contribution is 5.95. The first kappa shape index (κ1) is 17.7. The van der Waals surface area contributed by atoms with Gasteiger partial charge in [-0.3, -0.25) is 9.59 Å². The van der Waals surface area contributed by atoms with Crippen LogP contribution in [0, 0.1) is 20.8 Å². The summed E-state index contributed by atoms with van der Waals surface area (Å²) in [4.78, 5) is 24.1. The average Bonchev–Trinajstić information content (AvgIpc) is 3.02. The van der Waals surface area contributed by atoms with Crippen LogP contribution in [0.5, 0.6) is 0 Å². The van der Waals surface area contributed by atoms with Gasteiger partial charge >= 0.3 is 0 Å². The minimum atomic E-state index is -0.259. The Labute approximate surface area is 152 Å². The highest BCUT2D eigenvalue weighted by atomic mass is 16.3. The van der Waals surface area contributed by atoms with E-state index < -0.39 is 0 Å². The number of carbonyl (C=O) groups excluding carboxylic acids is 2. The van der Waals surface area contributed by atoms with Crippen LogP contribution in [0.2, 0.25) is 0 Å². The van der Waals surface area contributed by atoms with Crippen molar-refractivity contribution in [2.75, 3.05) is 11.9 Å². The second-order valence-electron chi connectivity index (χ2n) is 6.51. The van der Waals surface area contributed by atoms with Gasteiger partial charge in [-0.05, 0) is 44.0 Å². The maximum absolute atomic E-state index is 12.2. The molecule has 2 aromatic carbocycles. The summed E-state index contributed by atoms with van der Waals surface area (Å²) < 4.78 is 5.62. The average molecular weight is 350 g/mol. The molecule has 0 spiro atoms. The van der Waals surface area contributed by atoms with E-state index in [-0.39, 0.29) is 24.8 Å². The highest BCUT2D eigenvalue weighted by Gasteiger charge is 2.13.